The van der Waals surface area contributed by atoms with Gasteiger partial charge in [0.2, 0.25) is 0 Å². The molecule has 34 heavy (non-hydrogen) atoms. The number of fused-ring (bicyclic) bond motifs is 1. The first-order chi connectivity index (χ1) is 16.2. The summed E-state index contributed by atoms with van der Waals surface area (Å²) < 4.78 is 11.7. The van der Waals surface area contributed by atoms with Crippen LogP contribution in [0.3, 0.4) is 0 Å². The number of rotatable bonds is 3. The maximum absolute atomic E-state index is 13.8. The van der Waals surface area contributed by atoms with E-state index in [0.717, 1.165) is 16.7 Å². The zero-order chi connectivity index (χ0) is 24.2. The topological polar surface area (TPSA) is 62.6 Å². The van der Waals surface area contributed by atoms with Crippen LogP contribution in [0.15, 0.2) is 48.5 Å². The normalized spacial score (nSPS) is 25.2. The number of anilines is 2. The van der Waals surface area contributed by atoms with Crippen LogP contribution in [0, 0.1) is 6.92 Å². The summed E-state index contributed by atoms with van der Waals surface area (Å²) in [6.45, 7) is 7.19. The summed E-state index contributed by atoms with van der Waals surface area (Å²) in [5.41, 5.74) is 2.22. The minimum Gasteiger partial charge on any atom is -0.373 e. The standard InChI is InChI=1S/C23H24Cl2N5O2PS/c1-14-12-28(13-15(2)32-14)33(34)21-16(3)27-29(17-7-5-4-6-8-17)22(21)26-23(31)30(33)18-9-10-19(24)20(25)11-18/h4-11,14-15H,12-13H2,1-3H3,(H,26,31). The van der Waals surface area contributed by atoms with Crippen LogP contribution in [0.2, 0.25) is 10.0 Å². The Morgan fingerprint density at radius 3 is 2.38 bits per heavy atom. The van der Waals surface area contributed by atoms with Crippen molar-refractivity contribution in [1.29, 1.82) is 0 Å². The number of benzene rings is 2. The maximum Gasteiger partial charge on any atom is 0.332 e. The van der Waals surface area contributed by atoms with Crippen molar-refractivity contribution in [3.05, 3.63) is 64.3 Å². The summed E-state index contributed by atoms with van der Waals surface area (Å²) in [4.78, 5) is 13.8. The van der Waals surface area contributed by atoms with Crippen LogP contribution in [-0.2, 0) is 16.5 Å². The van der Waals surface area contributed by atoms with Gasteiger partial charge in [0.25, 0.3) is 0 Å². The molecule has 5 rings (SSSR count). The summed E-state index contributed by atoms with van der Waals surface area (Å²) in [6, 6.07) is 14.6. The number of ether oxygens (including phenoxy) is 1. The average Bonchev–Trinajstić information content (AvgIpc) is 3.12. The fourth-order valence-electron chi connectivity index (χ4n) is 4.64. The minimum absolute atomic E-state index is 0.0304. The van der Waals surface area contributed by atoms with Crippen LogP contribution < -0.4 is 15.3 Å². The molecule has 0 saturated carbocycles. The molecule has 2 aromatic carbocycles. The van der Waals surface area contributed by atoms with Crippen molar-refractivity contribution in [2.75, 3.05) is 23.1 Å². The number of urea groups is 1. The van der Waals surface area contributed by atoms with Gasteiger partial charge in [0, 0.05) is 13.1 Å². The number of hydrogen-bond donors (Lipinski definition) is 1. The highest BCUT2D eigenvalue weighted by Gasteiger charge is 2.48. The molecule has 1 aromatic heterocycles. The Morgan fingerprint density at radius 2 is 1.74 bits per heavy atom. The molecule has 2 aliphatic rings. The summed E-state index contributed by atoms with van der Waals surface area (Å²) >= 11 is 19.1. The van der Waals surface area contributed by atoms with Gasteiger partial charge in [-0.1, -0.05) is 53.2 Å². The Bertz CT molecular complexity index is 1310. The molecule has 2 aliphatic heterocycles. The number of para-hydroxylation sites is 1. The monoisotopic (exact) mass is 535 g/mol. The van der Waals surface area contributed by atoms with Crippen molar-refractivity contribution in [2.45, 2.75) is 33.0 Å². The number of aromatic nitrogens is 2. The third-order valence-electron chi connectivity index (χ3n) is 5.94. The van der Waals surface area contributed by atoms with E-state index in [1.807, 2.05) is 51.1 Å². The van der Waals surface area contributed by atoms with Gasteiger partial charge in [-0.25, -0.2) is 14.1 Å². The molecule has 0 spiro atoms. The van der Waals surface area contributed by atoms with Crippen molar-refractivity contribution in [1.82, 2.24) is 14.5 Å². The molecule has 1 N–H and O–H groups in total. The van der Waals surface area contributed by atoms with Crippen molar-refractivity contribution >= 4 is 64.2 Å². The third kappa shape index (κ3) is 3.87. The number of aryl methyl sites for hydroxylation is 1. The predicted octanol–water partition coefficient (Wildman–Crippen LogP) is 5.58. The van der Waals surface area contributed by atoms with E-state index >= 15 is 0 Å². The minimum atomic E-state index is -2.89. The van der Waals surface area contributed by atoms with Crippen LogP contribution in [0.4, 0.5) is 16.3 Å². The molecule has 11 heteroatoms. The third-order valence-corrected chi connectivity index (χ3v) is 11.6. The van der Waals surface area contributed by atoms with Gasteiger partial charge in [-0.05, 0) is 51.1 Å². The number of carbonyl (C=O) groups is 1. The van der Waals surface area contributed by atoms with Crippen LogP contribution in [0.1, 0.15) is 19.5 Å². The molecule has 178 valence electrons. The van der Waals surface area contributed by atoms with E-state index < -0.39 is 6.34 Å². The molecule has 0 aliphatic carbocycles. The molecule has 1 saturated heterocycles. The first-order valence-corrected chi connectivity index (χ1v) is 14.4. The van der Waals surface area contributed by atoms with E-state index in [9.17, 15) is 4.79 Å². The van der Waals surface area contributed by atoms with Crippen LogP contribution in [-0.4, -0.2) is 45.8 Å². The second kappa shape index (κ2) is 8.94. The zero-order valence-electron chi connectivity index (χ0n) is 18.9. The van der Waals surface area contributed by atoms with Gasteiger partial charge >= 0.3 is 6.03 Å². The van der Waals surface area contributed by atoms with Gasteiger partial charge in [0.05, 0.1) is 44.6 Å². The number of nitrogens with zero attached hydrogens (tertiary/aromatic N) is 4. The Kier molecular flexibility index (Phi) is 6.25. The summed E-state index contributed by atoms with van der Waals surface area (Å²) in [7, 11) is 0. The molecule has 7 nitrogen and oxygen atoms in total. The van der Waals surface area contributed by atoms with Gasteiger partial charge < -0.3 is 4.74 Å². The zero-order valence-corrected chi connectivity index (χ0v) is 22.1. The van der Waals surface area contributed by atoms with E-state index in [2.05, 4.69) is 9.99 Å². The molecule has 3 heterocycles. The van der Waals surface area contributed by atoms with Gasteiger partial charge in [0.1, 0.15) is 12.2 Å². The molecular formula is C23H24Cl2N5O2PS. The van der Waals surface area contributed by atoms with Crippen molar-refractivity contribution in [3.63, 3.8) is 0 Å². The Hall–Kier alpha value is -1.93. The van der Waals surface area contributed by atoms with E-state index in [1.165, 1.54) is 0 Å². The van der Waals surface area contributed by atoms with Crippen LogP contribution in [0.5, 0.6) is 0 Å². The molecule has 2 amide bonds. The summed E-state index contributed by atoms with van der Waals surface area (Å²) in [5, 5.41) is 9.51. The number of nitrogens with one attached hydrogen (secondary N) is 1. The van der Waals surface area contributed by atoms with Crippen LogP contribution >= 0.6 is 29.5 Å². The van der Waals surface area contributed by atoms with E-state index in [1.54, 1.807) is 27.6 Å². The Balaban J connectivity index is 1.76. The largest absolute Gasteiger partial charge is 0.373 e. The molecule has 0 radical (unpaired) electrons. The fourth-order valence-corrected chi connectivity index (χ4v) is 9.76. The highest BCUT2D eigenvalue weighted by atomic mass is 35.5. The Morgan fingerprint density at radius 1 is 1.06 bits per heavy atom. The lowest BCUT2D eigenvalue weighted by Gasteiger charge is -2.48. The van der Waals surface area contributed by atoms with E-state index in [4.69, 9.17) is 44.8 Å². The fraction of sp³-hybridized carbons (Fsp3) is 0.304. The van der Waals surface area contributed by atoms with Crippen molar-refractivity contribution < 1.29 is 9.53 Å². The second-order valence-electron chi connectivity index (χ2n) is 8.54. The highest BCUT2D eigenvalue weighted by molar-refractivity contribution is 8.18. The van der Waals surface area contributed by atoms with E-state index in [-0.39, 0.29) is 18.2 Å². The lowest BCUT2D eigenvalue weighted by Crippen LogP contribution is -2.53. The first-order valence-electron chi connectivity index (χ1n) is 10.9. The molecule has 3 unspecified atom stereocenters. The van der Waals surface area contributed by atoms with Gasteiger partial charge in [-0.15, -0.1) is 0 Å². The van der Waals surface area contributed by atoms with Gasteiger partial charge in [-0.2, -0.15) is 5.10 Å². The SMILES string of the molecule is Cc1nn(-c2ccccc2)c2c1P(=S)(N1CC(C)OC(C)C1)N(c1ccc(Cl)c(Cl)c1)C(=O)N2. The summed E-state index contributed by atoms with van der Waals surface area (Å²) in [6.07, 6.45) is -2.95. The second-order valence-corrected chi connectivity index (χ2v) is 13.4. The number of halogens is 2. The lowest BCUT2D eigenvalue weighted by atomic mass is 10.3. The first kappa shape index (κ1) is 23.8. The van der Waals surface area contributed by atoms with Crippen molar-refractivity contribution in [3.8, 4) is 5.69 Å². The maximum atomic E-state index is 13.8. The number of hydrogen-bond acceptors (Lipinski definition) is 4. The highest BCUT2D eigenvalue weighted by Crippen LogP contribution is 2.60. The average molecular weight is 536 g/mol. The van der Waals surface area contributed by atoms with Gasteiger partial charge in [-0.3, -0.25) is 9.99 Å². The Labute approximate surface area is 213 Å². The molecule has 3 atom stereocenters. The smallest absolute Gasteiger partial charge is 0.332 e. The number of amides is 2. The lowest BCUT2D eigenvalue weighted by molar-refractivity contribution is -0.0431. The van der Waals surface area contributed by atoms with Crippen molar-refractivity contribution in [2.24, 2.45) is 0 Å². The number of carbonyl (C=O) groups excluding carboxylic acids is 1. The molecule has 3 aromatic rings. The molecule has 1 fully saturated rings. The molecular weight excluding hydrogens is 512 g/mol. The number of morpholine rings is 1. The van der Waals surface area contributed by atoms with Gasteiger partial charge in [0.15, 0.2) is 0 Å². The predicted molar refractivity (Wildman–Crippen MR) is 142 cm³/mol. The quantitative estimate of drug-likeness (QED) is 0.443. The van der Waals surface area contributed by atoms with E-state index in [0.29, 0.717) is 34.6 Å². The molecule has 0 bridgehead atoms. The summed E-state index contributed by atoms with van der Waals surface area (Å²) in [5.74, 6) is 0.611. The van der Waals surface area contributed by atoms with Crippen LogP contribution in [0.25, 0.3) is 5.69 Å².